The quantitative estimate of drug-likeness (QED) is 0.771. The maximum absolute atomic E-state index is 3.74. The molecule has 1 aliphatic carbocycles. The maximum Gasteiger partial charge on any atom is 0.00952 e. The van der Waals surface area contributed by atoms with Crippen molar-refractivity contribution in [3.8, 4) is 0 Å². The van der Waals surface area contributed by atoms with Gasteiger partial charge in [-0.05, 0) is 76.6 Å². The lowest BCUT2D eigenvalue weighted by Crippen LogP contribution is -2.43. The average molecular weight is 285 g/mol. The van der Waals surface area contributed by atoms with E-state index in [9.17, 15) is 0 Å². The van der Waals surface area contributed by atoms with Crippen molar-refractivity contribution in [2.75, 3.05) is 31.6 Å². The molecule has 3 heteroatoms. The smallest absolute Gasteiger partial charge is 0.00952 e. The first-order valence-corrected chi connectivity index (χ1v) is 9.65. The third-order valence-corrected chi connectivity index (χ3v) is 5.64. The second-order valence-corrected chi connectivity index (χ2v) is 7.49. The van der Waals surface area contributed by atoms with E-state index in [2.05, 4.69) is 23.4 Å². The topological polar surface area (TPSA) is 15.3 Å². The number of piperidine rings is 1. The summed E-state index contributed by atoms with van der Waals surface area (Å²) in [6.45, 7) is 6.30. The molecule has 2 aliphatic rings. The molecule has 1 aliphatic heterocycles. The highest BCUT2D eigenvalue weighted by atomic mass is 32.2. The Bertz CT molecular complexity index is 233. The molecule has 0 spiro atoms. The van der Waals surface area contributed by atoms with Crippen LogP contribution in [-0.2, 0) is 0 Å². The van der Waals surface area contributed by atoms with Crippen molar-refractivity contribution < 1.29 is 0 Å². The van der Waals surface area contributed by atoms with Crippen LogP contribution in [0.2, 0.25) is 0 Å². The SMILES string of the molecule is CSCC[C@@H](C)NCC1CCN(C2CCCC2)CC1. The van der Waals surface area contributed by atoms with Crippen LogP contribution in [-0.4, -0.2) is 48.6 Å². The Morgan fingerprint density at radius 1 is 1.16 bits per heavy atom. The van der Waals surface area contributed by atoms with Crippen LogP contribution in [0.1, 0.15) is 51.9 Å². The minimum atomic E-state index is 0.695. The van der Waals surface area contributed by atoms with Gasteiger partial charge in [0.25, 0.3) is 0 Å². The zero-order valence-electron chi connectivity index (χ0n) is 12.9. The van der Waals surface area contributed by atoms with Crippen molar-refractivity contribution >= 4 is 11.8 Å². The van der Waals surface area contributed by atoms with E-state index in [-0.39, 0.29) is 0 Å². The highest BCUT2D eigenvalue weighted by Crippen LogP contribution is 2.27. The Kier molecular flexibility index (Phi) is 7.03. The Morgan fingerprint density at radius 2 is 1.84 bits per heavy atom. The van der Waals surface area contributed by atoms with Crippen molar-refractivity contribution in [3.63, 3.8) is 0 Å². The van der Waals surface area contributed by atoms with E-state index in [1.807, 2.05) is 11.8 Å². The summed E-state index contributed by atoms with van der Waals surface area (Å²) in [5, 5.41) is 3.74. The Morgan fingerprint density at radius 3 is 2.47 bits per heavy atom. The van der Waals surface area contributed by atoms with E-state index in [0.717, 1.165) is 12.0 Å². The molecule has 1 saturated carbocycles. The van der Waals surface area contributed by atoms with E-state index in [1.54, 1.807) is 0 Å². The fourth-order valence-electron chi connectivity index (χ4n) is 3.56. The van der Waals surface area contributed by atoms with Gasteiger partial charge in [-0.3, -0.25) is 0 Å². The second kappa shape index (κ2) is 8.53. The largest absolute Gasteiger partial charge is 0.314 e. The molecular formula is C16H32N2S. The molecule has 0 aromatic heterocycles. The highest BCUT2D eigenvalue weighted by molar-refractivity contribution is 7.98. The Balaban J connectivity index is 1.58. The number of hydrogen-bond acceptors (Lipinski definition) is 3. The maximum atomic E-state index is 3.74. The molecule has 2 fully saturated rings. The summed E-state index contributed by atoms with van der Waals surface area (Å²) in [7, 11) is 0. The lowest BCUT2D eigenvalue weighted by Gasteiger charge is -2.36. The first-order valence-electron chi connectivity index (χ1n) is 8.26. The summed E-state index contributed by atoms with van der Waals surface area (Å²) in [4.78, 5) is 2.78. The van der Waals surface area contributed by atoms with E-state index in [0.29, 0.717) is 6.04 Å². The van der Waals surface area contributed by atoms with Crippen molar-refractivity contribution in [3.05, 3.63) is 0 Å². The van der Waals surface area contributed by atoms with E-state index in [4.69, 9.17) is 0 Å². The summed E-state index contributed by atoms with van der Waals surface area (Å²) < 4.78 is 0. The van der Waals surface area contributed by atoms with Crippen LogP contribution in [0.3, 0.4) is 0 Å². The minimum absolute atomic E-state index is 0.695. The van der Waals surface area contributed by atoms with Gasteiger partial charge >= 0.3 is 0 Å². The molecule has 1 saturated heterocycles. The van der Waals surface area contributed by atoms with Crippen LogP contribution < -0.4 is 5.32 Å². The van der Waals surface area contributed by atoms with Gasteiger partial charge < -0.3 is 10.2 Å². The van der Waals surface area contributed by atoms with Crippen molar-refractivity contribution in [2.24, 2.45) is 5.92 Å². The zero-order chi connectivity index (χ0) is 13.5. The number of rotatable bonds is 7. The van der Waals surface area contributed by atoms with Gasteiger partial charge in [-0.15, -0.1) is 0 Å². The van der Waals surface area contributed by atoms with Crippen molar-refractivity contribution in [1.29, 1.82) is 0 Å². The highest BCUT2D eigenvalue weighted by Gasteiger charge is 2.26. The second-order valence-electron chi connectivity index (χ2n) is 6.51. The molecule has 0 amide bonds. The van der Waals surface area contributed by atoms with Crippen molar-refractivity contribution in [2.45, 2.75) is 64.0 Å². The molecule has 19 heavy (non-hydrogen) atoms. The Labute approximate surface area is 124 Å². The van der Waals surface area contributed by atoms with Crippen LogP contribution in [0, 0.1) is 5.92 Å². The number of thioether (sulfide) groups is 1. The number of nitrogens with zero attached hydrogens (tertiary/aromatic N) is 1. The number of nitrogens with one attached hydrogen (secondary N) is 1. The van der Waals surface area contributed by atoms with Crippen molar-refractivity contribution in [1.82, 2.24) is 10.2 Å². The van der Waals surface area contributed by atoms with Gasteiger partial charge in [0.2, 0.25) is 0 Å². The normalized spacial score (nSPS) is 24.9. The third-order valence-electron chi connectivity index (χ3n) is 5.00. The number of likely N-dealkylation sites (tertiary alicyclic amines) is 1. The molecule has 1 atom stereocenters. The summed E-state index contributed by atoms with van der Waals surface area (Å²) in [6, 6.07) is 1.63. The summed E-state index contributed by atoms with van der Waals surface area (Å²) in [5.74, 6) is 2.21. The summed E-state index contributed by atoms with van der Waals surface area (Å²) >= 11 is 1.96. The molecule has 112 valence electrons. The lowest BCUT2D eigenvalue weighted by molar-refractivity contribution is 0.132. The summed E-state index contributed by atoms with van der Waals surface area (Å²) in [6.07, 6.45) is 12.2. The van der Waals surface area contributed by atoms with E-state index >= 15 is 0 Å². The molecule has 1 N–H and O–H groups in total. The van der Waals surface area contributed by atoms with Gasteiger partial charge in [-0.2, -0.15) is 11.8 Å². The fraction of sp³-hybridized carbons (Fsp3) is 1.00. The van der Waals surface area contributed by atoms with Crippen LogP contribution in [0.15, 0.2) is 0 Å². The Hall–Kier alpha value is 0.270. The molecule has 0 bridgehead atoms. The minimum Gasteiger partial charge on any atom is -0.314 e. The molecule has 2 rings (SSSR count). The van der Waals surface area contributed by atoms with E-state index < -0.39 is 0 Å². The van der Waals surface area contributed by atoms with Gasteiger partial charge in [0.1, 0.15) is 0 Å². The van der Waals surface area contributed by atoms with Crippen LogP contribution in [0.4, 0.5) is 0 Å². The van der Waals surface area contributed by atoms with Gasteiger partial charge in [-0.1, -0.05) is 12.8 Å². The predicted molar refractivity (Wildman–Crippen MR) is 87.0 cm³/mol. The molecule has 0 radical (unpaired) electrons. The predicted octanol–water partition coefficient (Wildman–Crippen LogP) is 3.37. The third kappa shape index (κ3) is 5.28. The molecular weight excluding hydrogens is 252 g/mol. The van der Waals surface area contributed by atoms with Crippen LogP contribution >= 0.6 is 11.8 Å². The van der Waals surface area contributed by atoms with Gasteiger partial charge in [0, 0.05) is 12.1 Å². The zero-order valence-corrected chi connectivity index (χ0v) is 13.7. The van der Waals surface area contributed by atoms with Crippen LogP contribution in [0.25, 0.3) is 0 Å². The van der Waals surface area contributed by atoms with Gasteiger partial charge in [0.15, 0.2) is 0 Å². The molecule has 0 unspecified atom stereocenters. The average Bonchev–Trinajstić information content (AvgIpc) is 2.97. The first-order chi connectivity index (χ1) is 9.29. The monoisotopic (exact) mass is 284 g/mol. The molecule has 0 aromatic carbocycles. The van der Waals surface area contributed by atoms with Gasteiger partial charge in [0.05, 0.1) is 0 Å². The number of hydrogen-bond donors (Lipinski definition) is 1. The molecule has 0 aromatic rings. The fourth-order valence-corrected chi connectivity index (χ4v) is 4.15. The molecule has 2 nitrogen and oxygen atoms in total. The first kappa shape index (κ1) is 15.7. The van der Waals surface area contributed by atoms with E-state index in [1.165, 1.54) is 70.3 Å². The lowest BCUT2D eigenvalue weighted by atomic mass is 9.95. The van der Waals surface area contributed by atoms with Gasteiger partial charge in [-0.25, -0.2) is 0 Å². The standard InChI is InChI=1S/C16H32N2S/c1-14(9-12-19-2)17-13-15-7-10-18(11-8-15)16-5-3-4-6-16/h14-17H,3-13H2,1-2H3/t14-/m1/s1. The molecule has 1 heterocycles. The van der Waals surface area contributed by atoms with Crippen LogP contribution in [0.5, 0.6) is 0 Å². The summed E-state index contributed by atoms with van der Waals surface area (Å²) in [5.41, 5.74) is 0.